The van der Waals surface area contributed by atoms with Gasteiger partial charge in [-0.1, -0.05) is 6.92 Å². The normalized spacial score (nSPS) is 11.4. The molecule has 0 atom stereocenters. The average Bonchev–Trinajstić information content (AvgIpc) is 2.62. The monoisotopic (exact) mass is 257 g/mol. The van der Waals surface area contributed by atoms with Crippen LogP contribution in [0.4, 0.5) is 9.93 Å². The maximum Gasteiger partial charge on any atom is 0.323 e. The largest absolute Gasteiger partial charge is 0.389 e. The quantitative estimate of drug-likeness (QED) is 0.866. The predicted molar refractivity (Wildman–Crippen MR) is 69.4 cm³/mol. The summed E-state index contributed by atoms with van der Waals surface area (Å²) in [5.74, 6) is 0. The Bertz CT molecular complexity index is 384. The summed E-state index contributed by atoms with van der Waals surface area (Å²) >= 11 is 1.46. The van der Waals surface area contributed by atoms with E-state index in [4.69, 9.17) is 0 Å². The molecule has 0 radical (unpaired) electrons. The fraction of sp³-hybridized carbons (Fsp3) is 0.636. The molecule has 6 heteroatoms. The lowest BCUT2D eigenvalue weighted by Gasteiger charge is -2.25. The van der Waals surface area contributed by atoms with Crippen LogP contribution in [0.2, 0.25) is 0 Å². The Hall–Kier alpha value is -1.14. The predicted octanol–water partition coefficient (Wildman–Crippen LogP) is 1.94. The lowest BCUT2D eigenvalue weighted by Crippen LogP contribution is -2.41. The van der Waals surface area contributed by atoms with Crippen LogP contribution >= 0.6 is 11.3 Å². The van der Waals surface area contributed by atoms with Gasteiger partial charge in [0.25, 0.3) is 0 Å². The summed E-state index contributed by atoms with van der Waals surface area (Å²) in [6.45, 7) is 5.63. The van der Waals surface area contributed by atoms with Gasteiger partial charge in [0.1, 0.15) is 0 Å². The molecule has 0 saturated heterocycles. The highest BCUT2D eigenvalue weighted by Crippen LogP contribution is 2.18. The van der Waals surface area contributed by atoms with Crippen molar-refractivity contribution >= 4 is 22.5 Å². The molecule has 2 N–H and O–H groups in total. The molecule has 0 bridgehead atoms. The Kier molecular flexibility index (Phi) is 4.47. The molecule has 1 aromatic rings. The van der Waals surface area contributed by atoms with Gasteiger partial charge in [0, 0.05) is 18.1 Å². The summed E-state index contributed by atoms with van der Waals surface area (Å²) in [6.07, 6.45) is 2.67. The Morgan fingerprint density at radius 2 is 2.29 bits per heavy atom. The Labute approximate surface area is 105 Å². The maximum atomic E-state index is 11.8. The van der Waals surface area contributed by atoms with E-state index in [1.165, 1.54) is 16.2 Å². The minimum atomic E-state index is -0.899. The second-order valence-corrected chi connectivity index (χ2v) is 5.70. The molecule has 1 rings (SSSR count). The van der Waals surface area contributed by atoms with Crippen LogP contribution in [0.15, 0.2) is 6.20 Å². The number of hydrogen-bond acceptors (Lipinski definition) is 4. The highest BCUT2D eigenvalue weighted by Gasteiger charge is 2.19. The van der Waals surface area contributed by atoms with Gasteiger partial charge in [-0.25, -0.2) is 9.78 Å². The van der Waals surface area contributed by atoms with Crippen LogP contribution in [-0.2, 0) is 6.42 Å². The maximum absolute atomic E-state index is 11.8. The van der Waals surface area contributed by atoms with Gasteiger partial charge in [-0.2, -0.15) is 0 Å². The number of rotatable bonds is 4. The summed E-state index contributed by atoms with van der Waals surface area (Å²) in [7, 11) is 1.64. The van der Waals surface area contributed by atoms with Crippen molar-refractivity contribution in [1.29, 1.82) is 0 Å². The molecule has 1 heterocycles. The number of likely N-dealkylation sites (N-methyl/N-ethyl adjacent to an activating group) is 1. The van der Waals surface area contributed by atoms with E-state index in [9.17, 15) is 9.90 Å². The van der Waals surface area contributed by atoms with E-state index in [1.54, 1.807) is 27.1 Å². The molecular formula is C11H19N3O2S. The van der Waals surface area contributed by atoms with Gasteiger partial charge in [0.05, 0.1) is 12.1 Å². The molecule has 0 aliphatic carbocycles. The second-order valence-electron chi connectivity index (χ2n) is 4.58. The van der Waals surface area contributed by atoms with Crippen LogP contribution in [0.25, 0.3) is 0 Å². The standard InChI is InChI=1S/C11H19N3O2S/c1-5-8-6-12-9(17-8)13-10(15)14(4)7-11(2,3)16/h6,16H,5,7H2,1-4H3,(H,12,13,15). The Balaban J connectivity index is 2.54. The molecule has 0 spiro atoms. The van der Waals surface area contributed by atoms with Gasteiger partial charge >= 0.3 is 6.03 Å². The van der Waals surface area contributed by atoms with E-state index in [0.717, 1.165) is 11.3 Å². The van der Waals surface area contributed by atoms with Crippen molar-refractivity contribution in [3.8, 4) is 0 Å². The first-order valence-electron chi connectivity index (χ1n) is 5.51. The van der Waals surface area contributed by atoms with E-state index >= 15 is 0 Å². The number of aromatic nitrogens is 1. The second kappa shape index (κ2) is 5.46. The number of aliphatic hydroxyl groups is 1. The fourth-order valence-corrected chi connectivity index (χ4v) is 2.11. The van der Waals surface area contributed by atoms with Crippen LogP contribution in [0.5, 0.6) is 0 Å². The smallest absolute Gasteiger partial charge is 0.323 e. The number of nitrogens with one attached hydrogen (secondary N) is 1. The van der Waals surface area contributed by atoms with Crippen molar-refractivity contribution in [2.24, 2.45) is 0 Å². The van der Waals surface area contributed by atoms with E-state index in [0.29, 0.717) is 5.13 Å². The van der Waals surface area contributed by atoms with Crippen LogP contribution < -0.4 is 5.32 Å². The lowest BCUT2D eigenvalue weighted by molar-refractivity contribution is 0.0550. The molecule has 0 aliphatic heterocycles. The third-order valence-electron chi connectivity index (χ3n) is 2.09. The minimum absolute atomic E-state index is 0.260. The summed E-state index contributed by atoms with van der Waals surface area (Å²) in [4.78, 5) is 18.4. The van der Waals surface area contributed by atoms with Gasteiger partial charge in [0.2, 0.25) is 0 Å². The van der Waals surface area contributed by atoms with Gasteiger partial charge in [0.15, 0.2) is 5.13 Å². The molecule has 0 fully saturated rings. The van der Waals surface area contributed by atoms with Crippen molar-refractivity contribution < 1.29 is 9.90 Å². The van der Waals surface area contributed by atoms with Gasteiger partial charge < -0.3 is 10.0 Å². The molecule has 2 amide bonds. The summed E-state index contributed by atoms with van der Waals surface area (Å²) < 4.78 is 0. The Morgan fingerprint density at radius 3 is 2.76 bits per heavy atom. The Morgan fingerprint density at radius 1 is 1.65 bits per heavy atom. The number of anilines is 1. The average molecular weight is 257 g/mol. The van der Waals surface area contributed by atoms with Gasteiger partial charge in [-0.3, -0.25) is 5.32 Å². The number of nitrogens with zero attached hydrogens (tertiary/aromatic N) is 2. The first-order valence-corrected chi connectivity index (χ1v) is 6.32. The molecule has 17 heavy (non-hydrogen) atoms. The number of carbonyl (C=O) groups excluding carboxylic acids is 1. The summed E-state index contributed by atoms with van der Waals surface area (Å²) in [6, 6.07) is -0.260. The number of amides is 2. The number of urea groups is 1. The molecule has 96 valence electrons. The van der Waals surface area contributed by atoms with Crippen molar-refractivity contribution in [1.82, 2.24) is 9.88 Å². The van der Waals surface area contributed by atoms with Crippen LogP contribution in [0, 0.1) is 0 Å². The van der Waals surface area contributed by atoms with Gasteiger partial charge in [-0.05, 0) is 20.3 Å². The van der Waals surface area contributed by atoms with Crippen LogP contribution in [-0.4, -0.2) is 40.2 Å². The first-order chi connectivity index (χ1) is 7.81. The number of hydrogen-bond donors (Lipinski definition) is 2. The lowest BCUT2D eigenvalue weighted by atomic mass is 10.1. The van der Waals surface area contributed by atoms with Crippen LogP contribution in [0.3, 0.4) is 0 Å². The zero-order chi connectivity index (χ0) is 13.1. The zero-order valence-electron chi connectivity index (χ0n) is 10.6. The summed E-state index contributed by atoms with van der Waals surface area (Å²) in [5.41, 5.74) is -0.899. The number of carbonyl (C=O) groups is 1. The molecule has 0 aromatic carbocycles. The summed E-state index contributed by atoms with van der Waals surface area (Å²) in [5, 5.41) is 12.9. The third kappa shape index (κ3) is 4.70. The number of aryl methyl sites for hydroxylation is 1. The van der Waals surface area contributed by atoms with E-state index in [1.807, 2.05) is 6.92 Å². The van der Waals surface area contributed by atoms with E-state index < -0.39 is 5.60 Å². The molecule has 0 aliphatic rings. The van der Waals surface area contributed by atoms with Crippen LogP contribution in [0.1, 0.15) is 25.6 Å². The van der Waals surface area contributed by atoms with Crippen molar-refractivity contribution in [2.45, 2.75) is 32.8 Å². The zero-order valence-corrected chi connectivity index (χ0v) is 11.5. The molecule has 5 nitrogen and oxygen atoms in total. The van der Waals surface area contributed by atoms with Crippen molar-refractivity contribution in [3.05, 3.63) is 11.1 Å². The van der Waals surface area contributed by atoms with Crippen molar-refractivity contribution in [3.63, 3.8) is 0 Å². The van der Waals surface area contributed by atoms with E-state index in [2.05, 4.69) is 10.3 Å². The highest BCUT2D eigenvalue weighted by molar-refractivity contribution is 7.15. The molecule has 0 saturated carbocycles. The van der Waals surface area contributed by atoms with Crippen molar-refractivity contribution in [2.75, 3.05) is 18.9 Å². The fourth-order valence-electron chi connectivity index (χ4n) is 1.37. The number of thiazole rings is 1. The minimum Gasteiger partial charge on any atom is -0.389 e. The third-order valence-corrected chi connectivity index (χ3v) is 3.14. The molecule has 0 unspecified atom stereocenters. The van der Waals surface area contributed by atoms with E-state index in [-0.39, 0.29) is 12.6 Å². The highest BCUT2D eigenvalue weighted by atomic mass is 32.1. The SMILES string of the molecule is CCc1cnc(NC(=O)N(C)CC(C)(C)O)s1. The molecular weight excluding hydrogens is 238 g/mol. The topological polar surface area (TPSA) is 65.5 Å². The molecule has 1 aromatic heterocycles. The van der Waals surface area contributed by atoms with Gasteiger partial charge in [-0.15, -0.1) is 11.3 Å². The first kappa shape index (κ1) is 13.9.